The molecule has 0 saturated carbocycles. The van der Waals surface area contributed by atoms with Gasteiger partial charge >= 0.3 is 12.1 Å². The highest BCUT2D eigenvalue weighted by Gasteiger charge is 2.27. The maximum Gasteiger partial charge on any atom is 0.415 e. The summed E-state index contributed by atoms with van der Waals surface area (Å²) in [5.74, 6) is -0.670. The molecule has 0 radical (unpaired) electrons. The van der Waals surface area contributed by atoms with Crippen molar-refractivity contribution in [1.82, 2.24) is 4.90 Å². The highest BCUT2D eigenvalue weighted by molar-refractivity contribution is 5.91. The third-order valence-electron chi connectivity index (χ3n) is 2.54. The Bertz CT molecular complexity index is 517. The van der Waals surface area contributed by atoms with Crippen LogP contribution >= 0.6 is 0 Å². The highest BCUT2D eigenvalue weighted by atomic mass is 16.6. The van der Waals surface area contributed by atoms with Gasteiger partial charge in [0.15, 0.2) is 0 Å². The summed E-state index contributed by atoms with van der Waals surface area (Å²) >= 11 is 0. The first-order chi connectivity index (χ1) is 9.74. The predicted octanol–water partition coefficient (Wildman–Crippen LogP) is 3.11. The van der Waals surface area contributed by atoms with Crippen LogP contribution in [-0.2, 0) is 20.8 Å². The molecule has 0 aromatic heterocycles. The van der Waals surface area contributed by atoms with Crippen molar-refractivity contribution < 1.29 is 19.1 Å². The standard InChI is InChI=1S/C16H21NO4/c1-12(14(18)20-5)17(15(19)21-16(2,3)4)11-13-9-7-6-8-10-13/h6-10H,1,11H2,2-5H3. The van der Waals surface area contributed by atoms with Crippen LogP contribution in [0.25, 0.3) is 0 Å². The number of rotatable bonds is 4. The summed E-state index contributed by atoms with van der Waals surface area (Å²) in [5.41, 5.74) is 0.131. The van der Waals surface area contributed by atoms with E-state index < -0.39 is 17.7 Å². The first-order valence-electron chi connectivity index (χ1n) is 6.56. The van der Waals surface area contributed by atoms with Gasteiger partial charge in [0.25, 0.3) is 0 Å². The summed E-state index contributed by atoms with van der Waals surface area (Å²) in [5, 5.41) is 0. The molecule has 0 heterocycles. The van der Waals surface area contributed by atoms with Gasteiger partial charge < -0.3 is 9.47 Å². The quantitative estimate of drug-likeness (QED) is 0.632. The van der Waals surface area contributed by atoms with Gasteiger partial charge in [-0.3, -0.25) is 4.90 Å². The average molecular weight is 291 g/mol. The lowest BCUT2D eigenvalue weighted by molar-refractivity contribution is -0.138. The molecule has 5 nitrogen and oxygen atoms in total. The Morgan fingerprint density at radius 2 is 1.76 bits per heavy atom. The molecule has 0 bridgehead atoms. The highest BCUT2D eigenvalue weighted by Crippen LogP contribution is 2.17. The van der Waals surface area contributed by atoms with Crippen molar-refractivity contribution in [2.45, 2.75) is 32.9 Å². The third-order valence-corrected chi connectivity index (χ3v) is 2.54. The topological polar surface area (TPSA) is 55.8 Å². The van der Waals surface area contributed by atoms with Crippen molar-refractivity contribution in [2.24, 2.45) is 0 Å². The van der Waals surface area contributed by atoms with Crippen LogP contribution in [-0.4, -0.2) is 29.7 Å². The number of esters is 1. The van der Waals surface area contributed by atoms with E-state index in [2.05, 4.69) is 11.3 Å². The minimum Gasteiger partial charge on any atom is -0.464 e. The minimum absolute atomic E-state index is 0.0596. The van der Waals surface area contributed by atoms with E-state index >= 15 is 0 Å². The number of ether oxygens (including phenoxy) is 2. The number of carbonyl (C=O) groups is 2. The Hall–Kier alpha value is -2.30. The first kappa shape index (κ1) is 16.8. The second-order valence-electron chi connectivity index (χ2n) is 5.49. The van der Waals surface area contributed by atoms with Crippen LogP contribution in [0.4, 0.5) is 4.79 Å². The molecule has 0 unspecified atom stereocenters. The monoisotopic (exact) mass is 291 g/mol. The molecule has 1 rings (SSSR count). The molecule has 21 heavy (non-hydrogen) atoms. The predicted molar refractivity (Wildman–Crippen MR) is 79.4 cm³/mol. The Morgan fingerprint density at radius 3 is 2.24 bits per heavy atom. The van der Waals surface area contributed by atoms with Crippen LogP contribution < -0.4 is 0 Å². The SMILES string of the molecule is C=C(C(=O)OC)N(Cc1ccccc1)C(=O)OC(C)(C)C. The third kappa shape index (κ3) is 5.30. The summed E-state index contributed by atoms with van der Waals surface area (Å²) in [6.45, 7) is 9.08. The average Bonchev–Trinajstić information content (AvgIpc) is 2.42. The zero-order valence-electron chi connectivity index (χ0n) is 12.9. The van der Waals surface area contributed by atoms with Gasteiger partial charge in [-0.2, -0.15) is 0 Å². The van der Waals surface area contributed by atoms with Gasteiger partial charge in [0, 0.05) is 0 Å². The van der Waals surface area contributed by atoms with E-state index in [9.17, 15) is 9.59 Å². The molecule has 1 amide bonds. The molecule has 0 atom stereocenters. The van der Waals surface area contributed by atoms with Crippen LogP contribution in [0.5, 0.6) is 0 Å². The summed E-state index contributed by atoms with van der Waals surface area (Å²) < 4.78 is 9.93. The van der Waals surface area contributed by atoms with Gasteiger partial charge in [-0.25, -0.2) is 9.59 Å². The first-order valence-corrected chi connectivity index (χ1v) is 6.56. The molecule has 0 fully saturated rings. The van der Waals surface area contributed by atoms with Gasteiger partial charge in [0.1, 0.15) is 11.3 Å². The van der Waals surface area contributed by atoms with Crippen molar-refractivity contribution in [2.75, 3.05) is 7.11 Å². The van der Waals surface area contributed by atoms with Crippen molar-refractivity contribution >= 4 is 12.1 Å². The molecule has 114 valence electrons. The summed E-state index contributed by atoms with van der Waals surface area (Å²) in [6.07, 6.45) is -0.637. The number of nitrogens with zero attached hydrogens (tertiary/aromatic N) is 1. The minimum atomic E-state index is -0.670. The fourth-order valence-electron chi connectivity index (χ4n) is 1.58. The zero-order chi connectivity index (χ0) is 16.0. The maximum absolute atomic E-state index is 12.3. The Morgan fingerprint density at radius 1 is 1.19 bits per heavy atom. The maximum atomic E-state index is 12.3. The van der Waals surface area contributed by atoms with E-state index in [1.54, 1.807) is 20.8 Å². The summed E-state index contributed by atoms with van der Waals surface area (Å²) in [6, 6.07) is 9.27. The molecular weight excluding hydrogens is 270 g/mol. The largest absolute Gasteiger partial charge is 0.464 e. The van der Waals surface area contributed by atoms with E-state index in [-0.39, 0.29) is 12.2 Å². The van der Waals surface area contributed by atoms with Crippen molar-refractivity contribution in [3.05, 3.63) is 48.2 Å². The number of carbonyl (C=O) groups excluding carboxylic acids is 2. The van der Waals surface area contributed by atoms with Crippen molar-refractivity contribution in [1.29, 1.82) is 0 Å². The zero-order valence-corrected chi connectivity index (χ0v) is 12.9. The fourth-order valence-corrected chi connectivity index (χ4v) is 1.58. The van der Waals surface area contributed by atoms with Crippen LogP contribution in [0.15, 0.2) is 42.6 Å². The number of methoxy groups -OCH3 is 1. The molecule has 0 aliphatic carbocycles. The fraction of sp³-hybridized carbons (Fsp3) is 0.375. The van der Waals surface area contributed by atoms with Crippen molar-refractivity contribution in [3.63, 3.8) is 0 Å². The smallest absolute Gasteiger partial charge is 0.415 e. The Balaban J connectivity index is 2.97. The number of hydrogen-bond acceptors (Lipinski definition) is 4. The van der Waals surface area contributed by atoms with E-state index in [0.717, 1.165) is 5.56 Å². The van der Waals surface area contributed by atoms with Crippen LogP contribution in [0.2, 0.25) is 0 Å². The van der Waals surface area contributed by atoms with Gasteiger partial charge in [0.05, 0.1) is 13.7 Å². The lowest BCUT2D eigenvalue weighted by Gasteiger charge is -2.27. The molecule has 0 aliphatic rings. The normalized spacial score (nSPS) is 10.7. The number of benzene rings is 1. The van der Waals surface area contributed by atoms with Gasteiger partial charge in [-0.05, 0) is 26.3 Å². The molecule has 0 spiro atoms. The molecule has 1 aromatic rings. The molecule has 0 N–H and O–H groups in total. The molecule has 5 heteroatoms. The van der Waals surface area contributed by atoms with Gasteiger partial charge in [0.2, 0.25) is 0 Å². The Labute approximate surface area is 125 Å². The van der Waals surface area contributed by atoms with E-state index in [4.69, 9.17) is 4.74 Å². The van der Waals surface area contributed by atoms with Crippen molar-refractivity contribution in [3.8, 4) is 0 Å². The molecule has 0 saturated heterocycles. The van der Waals surface area contributed by atoms with Gasteiger partial charge in [-0.1, -0.05) is 36.9 Å². The van der Waals surface area contributed by atoms with E-state index in [1.807, 2.05) is 30.3 Å². The lowest BCUT2D eigenvalue weighted by Crippen LogP contribution is -2.38. The van der Waals surface area contributed by atoms with E-state index in [1.165, 1.54) is 12.0 Å². The summed E-state index contributed by atoms with van der Waals surface area (Å²) in [4.78, 5) is 25.1. The second kappa shape index (κ2) is 6.92. The molecular formula is C16H21NO4. The van der Waals surface area contributed by atoms with Gasteiger partial charge in [-0.15, -0.1) is 0 Å². The molecule has 0 aliphatic heterocycles. The van der Waals surface area contributed by atoms with E-state index in [0.29, 0.717) is 0 Å². The molecule has 1 aromatic carbocycles. The van der Waals surface area contributed by atoms with Crippen LogP contribution in [0.1, 0.15) is 26.3 Å². The number of hydrogen-bond donors (Lipinski definition) is 0. The Kier molecular flexibility index (Phi) is 5.52. The summed E-state index contributed by atoms with van der Waals surface area (Å²) in [7, 11) is 1.24. The van der Waals surface area contributed by atoms with Crippen LogP contribution in [0.3, 0.4) is 0 Å². The van der Waals surface area contributed by atoms with Crippen LogP contribution in [0, 0.1) is 0 Å². The number of amides is 1. The second-order valence-corrected chi connectivity index (χ2v) is 5.49. The lowest BCUT2D eigenvalue weighted by atomic mass is 10.2.